The van der Waals surface area contributed by atoms with E-state index in [0.29, 0.717) is 11.4 Å². The Bertz CT molecular complexity index is 251. The van der Waals surface area contributed by atoms with E-state index >= 15 is 0 Å². The molecule has 1 unspecified atom stereocenters. The normalized spacial score (nSPS) is 15.2. The van der Waals surface area contributed by atoms with Crippen LogP contribution in [0.25, 0.3) is 0 Å². The van der Waals surface area contributed by atoms with Gasteiger partial charge in [0.1, 0.15) is 5.54 Å². The maximum absolute atomic E-state index is 12.0. The molecule has 18 heavy (non-hydrogen) atoms. The Hall–Kier alpha value is -0.220. The van der Waals surface area contributed by atoms with Gasteiger partial charge in [-0.15, -0.1) is 0 Å². The van der Waals surface area contributed by atoms with Gasteiger partial charge in [0.05, 0.1) is 6.61 Å². The first-order chi connectivity index (χ1) is 8.25. The first kappa shape index (κ1) is 17.8. The van der Waals surface area contributed by atoms with Crippen molar-refractivity contribution in [1.82, 2.24) is 5.32 Å². The predicted molar refractivity (Wildman–Crippen MR) is 80.2 cm³/mol. The number of hydrogen-bond donors (Lipinski definition) is 1. The zero-order valence-corrected chi connectivity index (χ0v) is 13.6. The molecule has 0 bridgehead atoms. The van der Waals surface area contributed by atoms with Crippen LogP contribution in [0, 0.1) is 0 Å². The molecule has 0 amide bonds. The van der Waals surface area contributed by atoms with Crippen LogP contribution in [0.3, 0.4) is 0 Å². The molecule has 0 heterocycles. The number of likely N-dealkylation sites (N-methyl/N-ethyl adjacent to an activating group) is 1. The molecule has 3 nitrogen and oxygen atoms in total. The number of esters is 1. The van der Waals surface area contributed by atoms with Crippen molar-refractivity contribution in [3.8, 4) is 0 Å². The van der Waals surface area contributed by atoms with Gasteiger partial charge in [-0.1, -0.05) is 27.7 Å². The molecule has 108 valence electrons. The summed E-state index contributed by atoms with van der Waals surface area (Å²) in [6.07, 6.45) is 1.84. The molecule has 0 aromatic rings. The largest absolute Gasteiger partial charge is 0.465 e. The fourth-order valence-corrected chi connectivity index (χ4v) is 2.65. The van der Waals surface area contributed by atoms with Crippen LogP contribution in [0.15, 0.2) is 0 Å². The van der Waals surface area contributed by atoms with Gasteiger partial charge in [0.2, 0.25) is 0 Å². The van der Waals surface area contributed by atoms with Crippen LogP contribution >= 0.6 is 11.8 Å². The Labute approximate surface area is 116 Å². The Balaban J connectivity index is 4.22. The zero-order chi connectivity index (χ0) is 14.2. The molecule has 0 saturated carbocycles. The highest BCUT2D eigenvalue weighted by Crippen LogP contribution is 2.25. The molecule has 0 saturated heterocycles. The summed E-state index contributed by atoms with van der Waals surface area (Å²) >= 11 is 1.94. The number of nitrogens with one attached hydrogen (secondary N) is 1. The maximum Gasteiger partial charge on any atom is 0.326 e. The number of rotatable bonds is 8. The molecule has 0 spiro atoms. The summed E-state index contributed by atoms with van der Waals surface area (Å²) in [4.78, 5) is 12.0. The second-order valence-electron chi connectivity index (χ2n) is 5.65. The van der Waals surface area contributed by atoms with E-state index in [9.17, 15) is 4.79 Å². The molecular formula is C14H29NO2S. The lowest BCUT2D eigenvalue weighted by atomic mass is 9.96. The van der Waals surface area contributed by atoms with E-state index in [-0.39, 0.29) is 5.97 Å². The first-order valence-electron chi connectivity index (χ1n) is 6.81. The summed E-state index contributed by atoms with van der Waals surface area (Å²) in [5, 5.41) is 3.26. The van der Waals surface area contributed by atoms with Gasteiger partial charge in [-0.25, -0.2) is 0 Å². The average Bonchev–Trinajstić information content (AvgIpc) is 2.24. The van der Waals surface area contributed by atoms with Crippen molar-refractivity contribution in [3.05, 3.63) is 0 Å². The summed E-state index contributed by atoms with van der Waals surface area (Å²) in [7, 11) is 0. The molecule has 1 atom stereocenters. The third kappa shape index (κ3) is 7.27. The number of carbonyl (C=O) groups is 1. The van der Waals surface area contributed by atoms with Crippen LogP contribution in [0.5, 0.6) is 0 Å². The summed E-state index contributed by atoms with van der Waals surface area (Å²) in [5.41, 5.74) is -0.538. The number of carbonyl (C=O) groups excluding carboxylic acids is 1. The van der Waals surface area contributed by atoms with Gasteiger partial charge in [0, 0.05) is 4.75 Å². The van der Waals surface area contributed by atoms with Crippen LogP contribution in [0.1, 0.15) is 54.4 Å². The zero-order valence-electron chi connectivity index (χ0n) is 12.8. The lowest BCUT2D eigenvalue weighted by Crippen LogP contribution is -2.50. The third-order valence-electron chi connectivity index (χ3n) is 2.65. The Morgan fingerprint density at radius 1 is 1.22 bits per heavy atom. The van der Waals surface area contributed by atoms with Crippen LogP contribution in [0.2, 0.25) is 0 Å². The Morgan fingerprint density at radius 3 is 2.28 bits per heavy atom. The van der Waals surface area contributed by atoms with Gasteiger partial charge < -0.3 is 10.1 Å². The molecule has 0 radical (unpaired) electrons. The fraction of sp³-hybridized carbons (Fsp3) is 0.929. The predicted octanol–water partition coefficient (Wildman–Crippen LogP) is 3.23. The van der Waals surface area contributed by atoms with Crippen molar-refractivity contribution in [2.24, 2.45) is 0 Å². The van der Waals surface area contributed by atoms with Gasteiger partial charge in [0.25, 0.3) is 0 Å². The van der Waals surface area contributed by atoms with E-state index in [1.165, 1.54) is 0 Å². The van der Waals surface area contributed by atoms with Gasteiger partial charge in [-0.2, -0.15) is 11.8 Å². The molecule has 0 aromatic heterocycles. The molecule has 0 rings (SSSR count). The lowest BCUT2D eigenvalue weighted by molar-refractivity contribution is -0.150. The summed E-state index contributed by atoms with van der Waals surface area (Å²) < 4.78 is 5.44. The lowest BCUT2D eigenvalue weighted by Gasteiger charge is -2.28. The molecular weight excluding hydrogens is 246 g/mol. The van der Waals surface area contributed by atoms with Crippen molar-refractivity contribution < 1.29 is 9.53 Å². The minimum Gasteiger partial charge on any atom is -0.465 e. The minimum atomic E-state index is -0.538. The number of thioether (sulfide) groups is 1. The second-order valence-corrected chi connectivity index (χ2v) is 7.57. The van der Waals surface area contributed by atoms with Gasteiger partial charge >= 0.3 is 5.97 Å². The van der Waals surface area contributed by atoms with E-state index in [2.05, 4.69) is 26.1 Å². The summed E-state index contributed by atoms with van der Waals surface area (Å²) in [5.74, 6) is 0.941. The van der Waals surface area contributed by atoms with Gasteiger partial charge in [-0.05, 0) is 39.0 Å². The van der Waals surface area contributed by atoms with E-state index < -0.39 is 5.54 Å². The quantitative estimate of drug-likeness (QED) is 0.545. The Kier molecular flexibility index (Phi) is 7.95. The van der Waals surface area contributed by atoms with Crippen LogP contribution in [0.4, 0.5) is 0 Å². The van der Waals surface area contributed by atoms with Crippen molar-refractivity contribution in [3.63, 3.8) is 0 Å². The SMILES string of the molecule is CCNC(C)(CCCSC(C)(C)C)C(=O)OCC. The smallest absolute Gasteiger partial charge is 0.326 e. The molecule has 0 aliphatic carbocycles. The summed E-state index contributed by atoms with van der Waals surface area (Å²) in [6.45, 7) is 13.7. The average molecular weight is 275 g/mol. The van der Waals surface area contributed by atoms with Gasteiger partial charge in [-0.3, -0.25) is 4.79 Å². The van der Waals surface area contributed by atoms with E-state index in [1.807, 2.05) is 32.5 Å². The molecule has 0 aliphatic heterocycles. The summed E-state index contributed by atoms with van der Waals surface area (Å²) in [6, 6.07) is 0. The fourth-order valence-electron chi connectivity index (χ4n) is 1.75. The Morgan fingerprint density at radius 2 is 1.83 bits per heavy atom. The standard InChI is InChI=1S/C14H29NO2S/c1-7-15-14(6,12(16)17-8-2)10-9-11-18-13(3,4)5/h15H,7-11H2,1-6H3. The molecule has 4 heteroatoms. The topological polar surface area (TPSA) is 38.3 Å². The van der Waals surface area contributed by atoms with Crippen LogP contribution < -0.4 is 5.32 Å². The monoisotopic (exact) mass is 275 g/mol. The first-order valence-corrected chi connectivity index (χ1v) is 7.80. The highest BCUT2D eigenvalue weighted by atomic mass is 32.2. The van der Waals surface area contributed by atoms with Crippen LogP contribution in [-0.2, 0) is 9.53 Å². The molecule has 1 N–H and O–H groups in total. The van der Waals surface area contributed by atoms with Crippen LogP contribution in [-0.4, -0.2) is 35.2 Å². The van der Waals surface area contributed by atoms with Crippen molar-refractivity contribution in [1.29, 1.82) is 0 Å². The van der Waals surface area contributed by atoms with Gasteiger partial charge in [0.15, 0.2) is 0 Å². The highest BCUT2D eigenvalue weighted by Gasteiger charge is 2.33. The number of ether oxygens (including phenoxy) is 1. The van der Waals surface area contributed by atoms with Crippen molar-refractivity contribution in [2.75, 3.05) is 18.9 Å². The minimum absolute atomic E-state index is 0.132. The molecule has 0 fully saturated rings. The van der Waals surface area contributed by atoms with Crippen molar-refractivity contribution >= 4 is 17.7 Å². The van der Waals surface area contributed by atoms with E-state index in [0.717, 1.165) is 25.1 Å². The number of hydrogen-bond acceptors (Lipinski definition) is 4. The second kappa shape index (κ2) is 8.05. The molecule has 0 aromatic carbocycles. The maximum atomic E-state index is 12.0. The molecule has 0 aliphatic rings. The highest BCUT2D eigenvalue weighted by molar-refractivity contribution is 8.00. The van der Waals surface area contributed by atoms with E-state index in [1.54, 1.807) is 0 Å². The van der Waals surface area contributed by atoms with Crippen molar-refractivity contribution in [2.45, 2.75) is 64.7 Å². The van der Waals surface area contributed by atoms with E-state index in [4.69, 9.17) is 4.74 Å². The third-order valence-corrected chi connectivity index (χ3v) is 4.01.